The molecule has 0 amide bonds. The summed E-state index contributed by atoms with van der Waals surface area (Å²) < 4.78 is 0. The highest BCUT2D eigenvalue weighted by Crippen LogP contribution is 2.00. The zero-order valence-electron chi connectivity index (χ0n) is 6.26. The van der Waals surface area contributed by atoms with E-state index in [-0.39, 0.29) is 0 Å². The van der Waals surface area contributed by atoms with E-state index in [1.807, 2.05) is 20.8 Å². The molecular formula is C7H14N2. The molecular weight excluding hydrogens is 112 g/mol. The molecule has 2 nitrogen and oxygen atoms in total. The van der Waals surface area contributed by atoms with Gasteiger partial charge >= 0.3 is 0 Å². The van der Waals surface area contributed by atoms with Gasteiger partial charge in [0.2, 0.25) is 0 Å². The van der Waals surface area contributed by atoms with Gasteiger partial charge in [-0.2, -0.15) is 0 Å². The van der Waals surface area contributed by atoms with Crippen molar-refractivity contribution in [1.82, 2.24) is 0 Å². The molecule has 0 aromatic carbocycles. The maximum absolute atomic E-state index is 5.55. The van der Waals surface area contributed by atoms with E-state index in [0.29, 0.717) is 5.92 Å². The van der Waals surface area contributed by atoms with E-state index in [0.717, 1.165) is 5.70 Å². The standard InChI is InChI=1S/C7H14N2/c1-4-9-5-7(8)6(2)3/h4-6H,8H2,1-3H3/b7-5-,9-4-. The van der Waals surface area contributed by atoms with Crippen LogP contribution in [0.2, 0.25) is 0 Å². The van der Waals surface area contributed by atoms with Gasteiger partial charge in [-0.3, -0.25) is 4.99 Å². The van der Waals surface area contributed by atoms with Crippen LogP contribution in [0.1, 0.15) is 20.8 Å². The van der Waals surface area contributed by atoms with Gasteiger partial charge < -0.3 is 5.73 Å². The summed E-state index contributed by atoms with van der Waals surface area (Å²) in [6.45, 7) is 5.94. The number of nitrogens with zero attached hydrogens (tertiary/aromatic N) is 1. The fourth-order valence-electron chi connectivity index (χ4n) is 0.310. The summed E-state index contributed by atoms with van der Waals surface area (Å²) in [5.41, 5.74) is 6.38. The summed E-state index contributed by atoms with van der Waals surface area (Å²) in [5.74, 6) is 0.397. The lowest BCUT2D eigenvalue weighted by Crippen LogP contribution is -2.03. The fraction of sp³-hybridized carbons (Fsp3) is 0.571. The fourth-order valence-corrected chi connectivity index (χ4v) is 0.310. The lowest BCUT2D eigenvalue weighted by Gasteiger charge is -2.00. The van der Waals surface area contributed by atoms with Crippen molar-refractivity contribution in [2.75, 3.05) is 0 Å². The third-order valence-corrected chi connectivity index (χ3v) is 1.04. The van der Waals surface area contributed by atoms with Crippen molar-refractivity contribution >= 4 is 6.21 Å². The van der Waals surface area contributed by atoms with Crippen molar-refractivity contribution in [2.45, 2.75) is 20.8 Å². The number of aliphatic imine (C=N–C) groups is 1. The highest BCUT2D eigenvalue weighted by atomic mass is 14.7. The lowest BCUT2D eigenvalue weighted by molar-refractivity contribution is 0.754. The van der Waals surface area contributed by atoms with E-state index in [1.165, 1.54) is 0 Å². The molecule has 0 bridgehead atoms. The van der Waals surface area contributed by atoms with Gasteiger partial charge in [0.15, 0.2) is 0 Å². The maximum atomic E-state index is 5.55. The molecule has 0 unspecified atom stereocenters. The third kappa shape index (κ3) is 3.76. The van der Waals surface area contributed by atoms with Crippen molar-refractivity contribution < 1.29 is 0 Å². The van der Waals surface area contributed by atoms with Crippen LogP contribution in [0.3, 0.4) is 0 Å². The quantitative estimate of drug-likeness (QED) is 0.560. The van der Waals surface area contributed by atoms with Crippen LogP contribution in [0.5, 0.6) is 0 Å². The Balaban J connectivity index is 3.84. The van der Waals surface area contributed by atoms with Gasteiger partial charge in [0.25, 0.3) is 0 Å². The second kappa shape index (κ2) is 4.13. The van der Waals surface area contributed by atoms with Crippen LogP contribution in [0, 0.1) is 5.92 Å². The molecule has 0 atom stereocenters. The van der Waals surface area contributed by atoms with Gasteiger partial charge in [0, 0.05) is 18.1 Å². The van der Waals surface area contributed by atoms with Crippen LogP contribution in [-0.2, 0) is 0 Å². The normalized spacial score (nSPS) is 13.6. The van der Waals surface area contributed by atoms with E-state index in [2.05, 4.69) is 4.99 Å². The first-order chi connectivity index (χ1) is 4.18. The molecule has 0 aliphatic carbocycles. The van der Waals surface area contributed by atoms with Gasteiger partial charge in [-0.1, -0.05) is 13.8 Å². The zero-order chi connectivity index (χ0) is 7.28. The Morgan fingerprint density at radius 3 is 2.44 bits per heavy atom. The second-order valence-electron chi connectivity index (χ2n) is 2.19. The number of hydrogen-bond acceptors (Lipinski definition) is 2. The van der Waals surface area contributed by atoms with Gasteiger partial charge in [-0.25, -0.2) is 0 Å². The molecule has 0 spiro atoms. The predicted octanol–water partition coefficient (Wildman–Crippen LogP) is 1.53. The molecule has 2 N–H and O–H groups in total. The molecule has 0 aromatic heterocycles. The second-order valence-corrected chi connectivity index (χ2v) is 2.19. The minimum Gasteiger partial charge on any atom is -0.401 e. The summed E-state index contributed by atoms with van der Waals surface area (Å²) in [7, 11) is 0. The average molecular weight is 126 g/mol. The monoisotopic (exact) mass is 126 g/mol. The Morgan fingerprint density at radius 2 is 2.11 bits per heavy atom. The van der Waals surface area contributed by atoms with Crippen molar-refractivity contribution in [3.05, 3.63) is 11.9 Å². The molecule has 0 aromatic rings. The van der Waals surface area contributed by atoms with E-state index in [1.54, 1.807) is 12.4 Å². The average Bonchev–Trinajstić information content (AvgIpc) is 1.82. The minimum absolute atomic E-state index is 0.397. The Kier molecular flexibility index (Phi) is 3.76. The van der Waals surface area contributed by atoms with E-state index < -0.39 is 0 Å². The van der Waals surface area contributed by atoms with Crippen LogP contribution >= 0.6 is 0 Å². The maximum Gasteiger partial charge on any atom is 0.0453 e. The molecule has 0 radical (unpaired) electrons. The molecule has 0 saturated carbocycles. The summed E-state index contributed by atoms with van der Waals surface area (Å²) in [6, 6.07) is 0. The first kappa shape index (κ1) is 8.21. The Morgan fingerprint density at radius 1 is 1.56 bits per heavy atom. The van der Waals surface area contributed by atoms with Crippen LogP contribution < -0.4 is 5.73 Å². The Bertz CT molecular complexity index is 123. The zero-order valence-corrected chi connectivity index (χ0v) is 6.26. The number of hydrogen-bond donors (Lipinski definition) is 1. The molecule has 0 aliphatic rings. The van der Waals surface area contributed by atoms with E-state index in [4.69, 9.17) is 5.73 Å². The molecule has 0 saturated heterocycles. The molecule has 9 heavy (non-hydrogen) atoms. The lowest BCUT2D eigenvalue weighted by atomic mass is 10.2. The summed E-state index contributed by atoms with van der Waals surface area (Å²) in [5, 5.41) is 0. The van der Waals surface area contributed by atoms with E-state index >= 15 is 0 Å². The molecule has 0 heterocycles. The SMILES string of the molecule is C/C=N\C=C(/N)C(C)C. The molecule has 2 heteroatoms. The van der Waals surface area contributed by atoms with Gasteiger partial charge in [-0.05, 0) is 12.8 Å². The number of allylic oxidation sites excluding steroid dienone is 1. The molecule has 0 rings (SSSR count). The Labute approximate surface area is 56.5 Å². The first-order valence-electron chi connectivity index (χ1n) is 3.11. The highest BCUT2D eigenvalue weighted by Gasteiger charge is 1.93. The van der Waals surface area contributed by atoms with Crippen molar-refractivity contribution in [2.24, 2.45) is 16.6 Å². The number of nitrogens with two attached hydrogens (primary N) is 1. The smallest absolute Gasteiger partial charge is 0.0453 e. The topological polar surface area (TPSA) is 38.4 Å². The van der Waals surface area contributed by atoms with Crippen LogP contribution in [0.4, 0.5) is 0 Å². The van der Waals surface area contributed by atoms with Gasteiger partial charge in [0.1, 0.15) is 0 Å². The third-order valence-electron chi connectivity index (χ3n) is 1.04. The van der Waals surface area contributed by atoms with Gasteiger partial charge in [0.05, 0.1) is 0 Å². The molecule has 0 aliphatic heterocycles. The molecule has 52 valence electrons. The number of rotatable bonds is 2. The highest BCUT2D eigenvalue weighted by molar-refractivity contribution is 5.54. The van der Waals surface area contributed by atoms with Crippen molar-refractivity contribution in [3.8, 4) is 0 Å². The van der Waals surface area contributed by atoms with Crippen molar-refractivity contribution in [1.29, 1.82) is 0 Å². The van der Waals surface area contributed by atoms with Crippen LogP contribution in [-0.4, -0.2) is 6.21 Å². The van der Waals surface area contributed by atoms with Crippen LogP contribution in [0.25, 0.3) is 0 Å². The summed E-state index contributed by atoms with van der Waals surface area (Å²) in [4.78, 5) is 3.88. The largest absolute Gasteiger partial charge is 0.401 e. The Hall–Kier alpha value is -0.790. The predicted molar refractivity (Wildman–Crippen MR) is 41.3 cm³/mol. The van der Waals surface area contributed by atoms with E-state index in [9.17, 15) is 0 Å². The van der Waals surface area contributed by atoms with Gasteiger partial charge in [-0.15, -0.1) is 0 Å². The van der Waals surface area contributed by atoms with Crippen LogP contribution in [0.15, 0.2) is 16.9 Å². The minimum atomic E-state index is 0.397. The molecule has 0 fully saturated rings. The van der Waals surface area contributed by atoms with Crippen molar-refractivity contribution in [3.63, 3.8) is 0 Å². The summed E-state index contributed by atoms with van der Waals surface area (Å²) >= 11 is 0. The summed E-state index contributed by atoms with van der Waals surface area (Å²) in [6.07, 6.45) is 3.40. The first-order valence-corrected chi connectivity index (χ1v) is 3.11.